The minimum Gasteiger partial charge on any atom is -0.351 e. The third-order valence-corrected chi connectivity index (χ3v) is 7.20. The van der Waals surface area contributed by atoms with Crippen molar-refractivity contribution in [3.8, 4) is 0 Å². The summed E-state index contributed by atoms with van der Waals surface area (Å²) in [5.41, 5.74) is 5.31. The maximum atomic E-state index is 13.5. The SMILES string of the molecule is CN1C2=CC(=Nc3ccc(F)c(F)c3)CCC2C2=C1CCN(CCCS(C)(=O)=O)C2. The number of sulfone groups is 1. The molecule has 0 saturated heterocycles. The molecular formula is C22H27F2N3O2S. The Bertz CT molecular complexity index is 1050. The Hall–Kier alpha value is -2.06. The Labute approximate surface area is 176 Å². The number of fused-ring (bicyclic) bond motifs is 2. The second kappa shape index (κ2) is 8.23. The van der Waals surface area contributed by atoms with Crippen LogP contribution in [0.5, 0.6) is 0 Å². The van der Waals surface area contributed by atoms with Gasteiger partial charge in [0.2, 0.25) is 0 Å². The fourth-order valence-electron chi connectivity index (χ4n) is 4.70. The van der Waals surface area contributed by atoms with Crippen LogP contribution in [0.4, 0.5) is 14.5 Å². The van der Waals surface area contributed by atoms with Crippen molar-refractivity contribution >= 4 is 21.2 Å². The van der Waals surface area contributed by atoms with Gasteiger partial charge in [-0.05, 0) is 49.6 Å². The molecule has 1 aromatic rings. The van der Waals surface area contributed by atoms with Gasteiger partial charge in [0.05, 0.1) is 11.4 Å². The molecule has 0 spiro atoms. The summed E-state index contributed by atoms with van der Waals surface area (Å²) in [4.78, 5) is 9.14. The molecule has 0 N–H and O–H groups in total. The molecule has 0 aromatic heterocycles. The van der Waals surface area contributed by atoms with Crippen LogP contribution in [0.3, 0.4) is 0 Å². The normalized spacial score (nSPS) is 23.6. The maximum absolute atomic E-state index is 13.5. The summed E-state index contributed by atoms with van der Waals surface area (Å²) in [6.07, 6.45) is 6.71. The molecule has 0 bridgehead atoms. The molecule has 1 atom stereocenters. The number of rotatable bonds is 5. The molecule has 8 heteroatoms. The summed E-state index contributed by atoms with van der Waals surface area (Å²) in [5.74, 6) is -1.17. The van der Waals surface area contributed by atoms with E-state index in [-0.39, 0.29) is 5.75 Å². The first-order chi connectivity index (χ1) is 14.2. The zero-order valence-electron chi connectivity index (χ0n) is 17.4. The fraction of sp³-hybridized carbons (Fsp3) is 0.500. The quantitative estimate of drug-likeness (QED) is 0.708. The van der Waals surface area contributed by atoms with Crippen molar-refractivity contribution in [2.45, 2.75) is 25.7 Å². The van der Waals surface area contributed by atoms with Gasteiger partial charge in [0, 0.05) is 61.9 Å². The highest BCUT2D eigenvalue weighted by Gasteiger charge is 2.38. The van der Waals surface area contributed by atoms with Gasteiger partial charge in [0.25, 0.3) is 0 Å². The maximum Gasteiger partial charge on any atom is 0.160 e. The van der Waals surface area contributed by atoms with E-state index < -0.39 is 21.5 Å². The second-order valence-corrected chi connectivity index (χ2v) is 10.7. The number of hydrogen-bond donors (Lipinski definition) is 0. The second-order valence-electron chi connectivity index (χ2n) is 8.40. The Balaban J connectivity index is 1.48. The van der Waals surface area contributed by atoms with Gasteiger partial charge in [-0.15, -0.1) is 0 Å². The monoisotopic (exact) mass is 435 g/mol. The zero-order chi connectivity index (χ0) is 21.5. The molecule has 2 aliphatic heterocycles. The summed E-state index contributed by atoms with van der Waals surface area (Å²) in [7, 11) is -0.837. The van der Waals surface area contributed by atoms with Crippen LogP contribution in [0.25, 0.3) is 0 Å². The molecule has 30 heavy (non-hydrogen) atoms. The average molecular weight is 436 g/mol. The van der Waals surface area contributed by atoms with Crippen LogP contribution < -0.4 is 0 Å². The van der Waals surface area contributed by atoms with Gasteiger partial charge in [-0.2, -0.15) is 0 Å². The van der Waals surface area contributed by atoms with Crippen molar-refractivity contribution < 1.29 is 17.2 Å². The Morgan fingerprint density at radius 1 is 1.20 bits per heavy atom. The predicted octanol–water partition coefficient (Wildman–Crippen LogP) is 3.67. The van der Waals surface area contributed by atoms with E-state index in [0.717, 1.165) is 56.7 Å². The Morgan fingerprint density at radius 2 is 2.00 bits per heavy atom. The standard InChI is InChI=1S/C22H27F2N3O2S/c1-26-21-8-10-27(9-3-11-30(2,28)29)14-18(21)17-6-4-16(13-22(17)26)25-15-5-7-19(23)20(24)12-15/h5,7,12-13,17H,3-4,6,8-11,14H2,1-2H3. The van der Waals surface area contributed by atoms with Crippen LogP contribution in [0.1, 0.15) is 25.7 Å². The van der Waals surface area contributed by atoms with Crippen molar-refractivity contribution in [2.75, 3.05) is 38.7 Å². The van der Waals surface area contributed by atoms with Crippen LogP contribution in [0, 0.1) is 17.6 Å². The minimum atomic E-state index is -2.92. The third kappa shape index (κ3) is 4.49. The number of benzene rings is 1. The Kier molecular flexibility index (Phi) is 5.81. The van der Waals surface area contributed by atoms with Crippen molar-refractivity contribution in [3.63, 3.8) is 0 Å². The largest absolute Gasteiger partial charge is 0.351 e. The lowest BCUT2D eigenvalue weighted by molar-refractivity contribution is 0.274. The lowest BCUT2D eigenvalue weighted by Crippen LogP contribution is -2.34. The average Bonchev–Trinajstić information content (AvgIpc) is 2.95. The van der Waals surface area contributed by atoms with Crippen LogP contribution in [0.2, 0.25) is 0 Å². The highest BCUT2D eigenvalue weighted by molar-refractivity contribution is 7.90. The van der Waals surface area contributed by atoms with E-state index in [1.54, 1.807) is 0 Å². The van der Waals surface area contributed by atoms with Gasteiger partial charge in [0.15, 0.2) is 11.6 Å². The molecule has 0 fully saturated rings. The van der Waals surface area contributed by atoms with Gasteiger partial charge in [0.1, 0.15) is 9.84 Å². The molecule has 1 aromatic carbocycles. The molecule has 4 rings (SSSR count). The van der Waals surface area contributed by atoms with Gasteiger partial charge in [-0.25, -0.2) is 17.2 Å². The van der Waals surface area contributed by atoms with E-state index in [1.807, 2.05) is 0 Å². The van der Waals surface area contributed by atoms with E-state index in [4.69, 9.17) is 0 Å². The van der Waals surface area contributed by atoms with Crippen LogP contribution in [-0.4, -0.2) is 62.6 Å². The first-order valence-corrected chi connectivity index (χ1v) is 12.4. The molecule has 0 amide bonds. The van der Waals surface area contributed by atoms with Crippen LogP contribution >= 0.6 is 0 Å². The highest BCUT2D eigenvalue weighted by atomic mass is 32.2. The molecular weight excluding hydrogens is 408 g/mol. The Morgan fingerprint density at radius 3 is 2.73 bits per heavy atom. The summed E-state index contributed by atoms with van der Waals surface area (Å²) < 4.78 is 49.4. The smallest absolute Gasteiger partial charge is 0.160 e. The van der Waals surface area contributed by atoms with Gasteiger partial charge < -0.3 is 4.90 Å². The van der Waals surface area contributed by atoms with Crippen molar-refractivity contribution in [2.24, 2.45) is 10.9 Å². The number of hydrogen-bond acceptors (Lipinski definition) is 5. The predicted molar refractivity (Wildman–Crippen MR) is 114 cm³/mol. The van der Waals surface area contributed by atoms with E-state index in [2.05, 4.69) is 27.9 Å². The molecule has 1 unspecified atom stereocenters. The van der Waals surface area contributed by atoms with Gasteiger partial charge >= 0.3 is 0 Å². The minimum absolute atomic E-state index is 0.230. The molecule has 0 saturated carbocycles. The summed E-state index contributed by atoms with van der Waals surface area (Å²) in [6.45, 7) is 2.60. The first-order valence-electron chi connectivity index (χ1n) is 10.3. The third-order valence-electron chi connectivity index (χ3n) is 6.17. The van der Waals surface area contributed by atoms with E-state index in [9.17, 15) is 17.2 Å². The van der Waals surface area contributed by atoms with Gasteiger partial charge in [-0.3, -0.25) is 9.89 Å². The topological polar surface area (TPSA) is 53.0 Å². The van der Waals surface area contributed by atoms with Crippen LogP contribution in [0.15, 0.2) is 46.2 Å². The number of aliphatic imine (C=N–C) groups is 1. The summed E-state index contributed by atoms with van der Waals surface area (Å²) in [6, 6.07) is 3.72. The lowest BCUT2D eigenvalue weighted by Gasteiger charge is -2.30. The van der Waals surface area contributed by atoms with Crippen molar-refractivity contribution in [1.29, 1.82) is 0 Å². The molecule has 5 nitrogen and oxygen atoms in total. The summed E-state index contributed by atoms with van der Waals surface area (Å²) >= 11 is 0. The zero-order valence-corrected chi connectivity index (χ0v) is 18.2. The first kappa shape index (κ1) is 21.2. The molecule has 0 radical (unpaired) electrons. The van der Waals surface area contributed by atoms with Crippen molar-refractivity contribution in [3.05, 3.63) is 52.9 Å². The van der Waals surface area contributed by atoms with Crippen molar-refractivity contribution in [1.82, 2.24) is 9.80 Å². The highest BCUT2D eigenvalue weighted by Crippen LogP contribution is 2.44. The fourth-order valence-corrected chi connectivity index (χ4v) is 5.36. The van der Waals surface area contributed by atoms with Crippen LogP contribution in [-0.2, 0) is 9.84 Å². The van der Waals surface area contributed by atoms with E-state index in [0.29, 0.717) is 18.0 Å². The molecule has 3 aliphatic rings. The van der Waals surface area contributed by atoms with E-state index in [1.165, 1.54) is 29.3 Å². The molecule has 162 valence electrons. The summed E-state index contributed by atoms with van der Waals surface area (Å²) in [5, 5.41) is 0. The molecule has 2 heterocycles. The van der Waals surface area contributed by atoms with Gasteiger partial charge in [-0.1, -0.05) is 0 Å². The number of halogens is 2. The lowest BCUT2D eigenvalue weighted by atomic mass is 9.85. The molecule has 1 aliphatic carbocycles. The van der Waals surface area contributed by atoms with E-state index >= 15 is 0 Å². The number of allylic oxidation sites excluding steroid dienone is 2. The number of nitrogens with zero attached hydrogens (tertiary/aromatic N) is 3.